The second kappa shape index (κ2) is 8.29. The molecule has 0 aliphatic carbocycles. The summed E-state index contributed by atoms with van der Waals surface area (Å²) in [5.41, 5.74) is 4.73. The van der Waals surface area contributed by atoms with Crippen molar-refractivity contribution in [2.24, 2.45) is 5.73 Å². The number of carbonyl (C=O) groups is 1. The Morgan fingerprint density at radius 2 is 2.17 bits per heavy atom. The van der Waals surface area contributed by atoms with Crippen LogP contribution < -0.4 is 11.1 Å². The molecule has 0 radical (unpaired) electrons. The third-order valence-corrected chi connectivity index (χ3v) is 1.15. The molecule has 5 heteroatoms. The Bertz CT molecular complexity index is 119. The fourth-order valence-electron chi connectivity index (χ4n) is 0.624. The van der Waals surface area contributed by atoms with Crippen LogP contribution in [0.5, 0.6) is 0 Å². The summed E-state index contributed by atoms with van der Waals surface area (Å²) in [4.78, 5) is 10.1. The number of carbonyl (C=O) groups excluding carboxylic acids is 1. The second-order valence-corrected chi connectivity index (χ2v) is 2.13. The largest absolute Gasteiger partial charge is 0.447 e. The van der Waals surface area contributed by atoms with Crippen molar-refractivity contribution >= 4 is 6.09 Å². The summed E-state index contributed by atoms with van der Waals surface area (Å²) >= 11 is 0. The first-order valence-electron chi connectivity index (χ1n) is 3.98. The van der Waals surface area contributed by atoms with Crippen LogP contribution in [0, 0.1) is 0 Å². The number of rotatable bonds is 7. The molecule has 12 heavy (non-hydrogen) atoms. The molecule has 0 aromatic heterocycles. The minimum atomic E-state index is -0.759. The summed E-state index contributed by atoms with van der Waals surface area (Å²) in [5.74, 6) is 0. The van der Waals surface area contributed by atoms with Crippen molar-refractivity contribution in [1.82, 2.24) is 5.32 Å². The Hall–Kier alpha value is -0.810. The van der Waals surface area contributed by atoms with Crippen LogP contribution in [-0.2, 0) is 9.47 Å². The Morgan fingerprint density at radius 3 is 2.75 bits per heavy atom. The zero-order valence-corrected chi connectivity index (χ0v) is 7.34. The smallest absolute Gasteiger partial charge is 0.404 e. The van der Waals surface area contributed by atoms with Gasteiger partial charge in [0, 0.05) is 6.54 Å². The maximum absolute atomic E-state index is 10.1. The highest BCUT2D eigenvalue weighted by Gasteiger charge is 1.92. The molecule has 0 aliphatic rings. The quantitative estimate of drug-likeness (QED) is 0.523. The first-order chi connectivity index (χ1) is 5.77. The summed E-state index contributed by atoms with van der Waals surface area (Å²) in [6, 6.07) is 0. The third kappa shape index (κ3) is 9.19. The van der Waals surface area contributed by atoms with E-state index in [1.54, 1.807) is 0 Å². The highest BCUT2D eigenvalue weighted by atomic mass is 16.6. The van der Waals surface area contributed by atoms with E-state index in [1.807, 2.05) is 6.92 Å². The molecule has 0 atom stereocenters. The molecule has 0 bridgehead atoms. The molecule has 0 heterocycles. The minimum Gasteiger partial charge on any atom is -0.447 e. The average Bonchev–Trinajstić information content (AvgIpc) is 2.02. The maximum atomic E-state index is 10.1. The number of nitrogens with two attached hydrogens (primary N) is 1. The number of nitrogens with one attached hydrogen (secondary N) is 1. The van der Waals surface area contributed by atoms with Gasteiger partial charge in [-0.25, -0.2) is 4.79 Å². The van der Waals surface area contributed by atoms with Crippen LogP contribution in [-0.4, -0.2) is 39.0 Å². The lowest BCUT2D eigenvalue weighted by molar-refractivity contribution is 0.0779. The van der Waals surface area contributed by atoms with Crippen molar-refractivity contribution in [1.29, 1.82) is 0 Å². The fraction of sp³-hybridized carbons (Fsp3) is 0.857. The van der Waals surface area contributed by atoms with E-state index in [0.29, 0.717) is 13.2 Å². The molecule has 3 N–H and O–H groups in total. The summed E-state index contributed by atoms with van der Waals surface area (Å²) in [5, 5.41) is 3.09. The zero-order chi connectivity index (χ0) is 9.23. The van der Waals surface area contributed by atoms with Gasteiger partial charge in [0.2, 0.25) is 0 Å². The van der Waals surface area contributed by atoms with E-state index in [0.717, 1.165) is 13.1 Å². The number of likely N-dealkylation sites (N-methyl/N-ethyl adjacent to an activating group) is 1. The molecule has 0 saturated carbocycles. The van der Waals surface area contributed by atoms with Crippen molar-refractivity contribution < 1.29 is 14.3 Å². The number of ether oxygens (including phenoxy) is 2. The minimum absolute atomic E-state index is 0.224. The Balaban J connectivity index is 2.86. The van der Waals surface area contributed by atoms with E-state index in [2.05, 4.69) is 10.1 Å². The number of hydrogen-bond acceptors (Lipinski definition) is 4. The lowest BCUT2D eigenvalue weighted by Crippen LogP contribution is -2.21. The van der Waals surface area contributed by atoms with E-state index in [1.165, 1.54) is 0 Å². The van der Waals surface area contributed by atoms with Crippen molar-refractivity contribution in [2.45, 2.75) is 6.92 Å². The molecule has 0 rings (SSSR count). The standard InChI is InChI=1S/C7H16N2O3/c1-2-9-3-4-11-5-6-12-7(8)10/h9H,2-6H2,1H3,(H2,8,10). The predicted molar refractivity (Wildman–Crippen MR) is 44.9 cm³/mol. The molecule has 5 nitrogen and oxygen atoms in total. The van der Waals surface area contributed by atoms with E-state index in [-0.39, 0.29) is 6.61 Å². The van der Waals surface area contributed by atoms with Crippen LogP contribution >= 0.6 is 0 Å². The van der Waals surface area contributed by atoms with Crippen LogP contribution in [0.4, 0.5) is 4.79 Å². The van der Waals surface area contributed by atoms with Crippen molar-refractivity contribution in [2.75, 3.05) is 32.9 Å². The monoisotopic (exact) mass is 176 g/mol. The highest BCUT2D eigenvalue weighted by Crippen LogP contribution is 1.77. The van der Waals surface area contributed by atoms with Crippen molar-refractivity contribution in [3.05, 3.63) is 0 Å². The topological polar surface area (TPSA) is 73.6 Å². The van der Waals surface area contributed by atoms with Gasteiger partial charge in [0.15, 0.2) is 0 Å². The predicted octanol–water partition coefficient (Wildman–Crippen LogP) is -0.292. The van der Waals surface area contributed by atoms with Gasteiger partial charge in [0.05, 0.1) is 13.2 Å². The number of hydrogen-bond donors (Lipinski definition) is 2. The van der Waals surface area contributed by atoms with Gasteiger partial charge in [-0.3, -0.25) is 0 Å². The summed E-state index contributed by atoms with van der Waals surface area (Å²) in [6.07, 6.45) is -0.759. The molecule has 0 aliphatic heterocycles. The van der Waals surface area contributed by atoms with Gasteiger partial charge in [-0.1, -0.05) is 6.92 Å². The first-order valence-corrected chi connectivity index (χ1v) is 3.98. The first kappa shape index (κ1) is 11.2. The van der Waals surface area contributed by atoms with Crippen molar-refractivity contribution in [3.8, 4) is 0 Å². The summed E-state index contributed by atoms with van der Waals surface area (Å²) in [6.45, 7) is 5.01. The van der Waals surface area contributed by atoms with Gasteiger partial charge >= 0.3 is 6.09 Å². The SMILES string of the molecule is CCNCCOCCOC(N)=O. The molecule has 72 valence electrons. The zero-order valence-electron chi connectivity index (χ0n) is 7.34. The Labute approximate surface area is 72.2 Å². The number of amides is 1. The van der Waals surface area contributed by atoms with E-state index in [4.69, 9.17) is 10.5 Å². The van der Waals surface area contributed by atoms with Gasteiger partial charge in [-0.05, 0) is 6.54 Å². The molecule has 0 aromatic rings. The summed E-state index contributed by atoms with van der Waals surface area (Å²) < 4.78 is 9.53. The average molecular weight is 176 g/mol. The fourth-order valence-corrected chi connectivity index (χ4v) is 0.624. The number of primary amides is 1. The van der Waals surface area contributed by atoms with E-state index < -0.39 is 6.09 Å². The van der Waals surface area contributed by atoms with Crippen LogP contribution in [0.15, 0.2) is 0 Å². The maximum Gasteiger partial charge on any atom is 0.404 e. The lowest BCUT2D eigenvalue weighted by Gasteiger charge is -2.04. The normalized spacial score (nSPS) is 9.75. The van der Waals surface area contributed by atoms with Crippen LogP contribution in [0.1, 0.15) is 6.92 Å². The lowest BCUT2D eigenvalue weighted by atomic mass is 10.6. The van der Waals surface area contributed by atoms with E-state index in [9.17, 15) is 4.79 Å². The molecule has 0 unspecified atom stereocenters. The second-order valence-electron chi connectivity index (χ2n) is 2.13. The molecule has 0 spiro atoms. The Kier molecular flexibility index (Phi) is 7.73. The molecule has 0 fully saturated rings. The third-order valence-electron chi connectivity index (χ3n) is 1.15. The van der Waals surface area contributed by atoms with Gasteiger partial charge in [0.1, 0.15) is 6.61 Å². The molecular formula is C7H16N2O3. The van der Waals surface area contributed by atoms with Gasteiger partial charge in [-0.2, -0.15) is 0 Å². The van der Waals surface area contributed by atoms with Crippen LogP contribution in [0.25, 0.3) is 0 Å². The van der Waals surface area contributed by atoms with Gasteiger partial charge < -0.3 is 20.5 Å². The highest BCUT2D eigenvalue weighted by molar-refractivity contribution is 5.64. The van der Waals surface area contributed by atoms with E-state index >= 15 is 0 Å². The Morgan fingerprint density at radius 1 is 1.42 bits per heavy atom. The van der Waals surface area contributed by atoms with Gasteiger partial charge in [-0.15, -0.1) is 0 Å². The van der Waals surface area contributed by atoms with Gasteiger partial charge in [0.25, 0.3) is 0 Å². The molecule has 0 aromatic carbocycles. The molecular weight excluding hydrogens is 160 g/mol. The molecule has 0 saturated heterocycles. The van der Waals surface area contributed by atoms with Crippen LogP contribution in [0.3, 0.4) is 0 Å². The summed E-state index contributed by atoms with van der Waals surface area (Å²) in [7, 11) is 0. The van der Waals surface area contributed by atoms with Crippen molar-refractivity contribution in [3.63, 3.8) is 0 Å². The molecule has 1 amide bonds. The van der Waals surface area contributed by atoms with Crippen LogP contribution in [0.2, 0.25) is 0 Å².